The smallest absolute Gasteiger partial charge is 0.165 e. The Hall–Kier alpha value is -1.92. The largest absolute Gasteiger partial charge is 0.362 e. The Morgan fingerprint density at radius 2 is 1.69 bits per heavy atom. The molecule has 0 unspecified atom stereocenters. The van der Waals surface area contributed by atoms with Gasteiger partial charge < -0.3 is 5.32 Å². The molecule has 3 atom stereocenters. The summed E-state index contributed by atoms with van der Waals surface area (Å²) in [5, 5.41) is 14.0. The summed E-state index contributed by atoms with van der Waals surface area (Å²) in [6, 6.07) is 13.0. The van der Waals surface area contributed by atoms with Gasteiger partial charge in [-0.05, 0) is 74.4 Å². The van der Waals surface area contributed by atoms with Crippen LogP contribution < -0.4 is 5.32 Å². The highest BCUT2D eigenvalue weighted by molar-refractivity contribution is 7.93. The van der Waals surface area contributed by atoms with Crippen molar-refractivity contribution in [3.05, 3.63) is 47.5 Å². The molecule has 0 radical (unpaired) electrons. The fourth-order valence-corrected chi connectivity index (χ4v) is 7.28. The molecule has 0 amide bonds. The molecular formula is C23H26N2O2S2. The van der Waals surface area contributed by atoms with Gasteiger partial charge in [-0.1, -0.05) is 19.1 Å². The number of hydrogen-bond acceptors (Lipinski definition) is 4. The lowest BCUT2D eigenvalue weighted by molar-refractivity contribution is 0.443. The van der Waals surface area contributed by atoms with Crippen LogP contribution in [0.25, 0.3) is 20.2 Å². The average Bonchev–Trinajstić information content (AvgIpc) is 3.26. The number of benzene rings is 2. The van der Waals surface area contributed by atoms with E-state index in [0.717, 1.165) is 11.5 Å². The Morgan fingerprint density at radius 3 is 2.31 bits per heavy atom. The molecule has 3 aromatic rings. The standard InChI is InChI=1S/C23H26N2O2S2/c1-13-9-16(13)14-5-7-19-17(10-14)18-11-15(6-8-20(18)28-19)23(4)12-29(26,27)22(2,3)21(24)25-23/h5-8,10-11,13,16H,9,12H2,1-4H3,(H2,24,25)/t13-,16-,23-/m0/s1. The van der Waals surface area contributed by atoms with Gasteiger partial charge in [0, 0.05) is 20.2 Å². The molecule has 2 N–H and O–H groups in total. The molecule has 152 valence electrons. The van der Waals surface area contributed by atoms with Gasteiger partial charge in [0.1, 0.15) is 10.6 Å². The van der Waals surface area contributed by atoms with Crippen LogP contribution in [0.4, 0.5) is 0 Å². The van der Waals surface area contributed by atoms with Crippen LogP contribution in [0.5, 0.6) is 0 Å². The van der Waals surface area contributed by atoms with Crippen LogP contribution in [0.1, 0.15) is 51.2 Å². The maximum atomic E-state index is 12.9. The molecule has 6 heteroatoms. The molecule has 2 aromatic carbocycles. The summed E-state index contributed by atoms with van der Waals surface area (Å²) in [6.07, 6.45) is 1.26. The lowest BCUT2D eigenvalue weighted by atomic mass is 9.91. The van der Waals surface area contributed by atoms with E-state index in [0.29, 0.717) is 5.92 Å². The molecule has 5 rings (SSSR count). The zero-order valence-electron chi connectivity index (χ0n) is 17.2. The second-order valence-electron chi connectivity index (χ2n) is 9.49. The first-order valence-electron chi connectivity index (χ1n) is 10.1. The minimum atomic E-state index is -3.45. The van der Waals surface area contributed by atoms with E-state index in [2.05, 4.69) is 42.6 Å². The highest BCUT2D eigenvalue weighted by Gasteiger charge is 2.50. The molecule has 1 aromatic heterocycles. The highest BCUT2D eigenvalue weighted by Crippen LogP contribution is 2.48. The first kappa shape index (κ1) is 19.1. The summed E-state index contributed by atoms with van der Waals surface area (Å²) < 4.78 is 27.1. The summed E-state index contributed by atoms with van der Waals surface area (Å²) in [4.78, 5) is 0. The Balaban J connectivity index is 1.64. The predicted octanol–water partition coefficient (Wildman–Crippen LogP) is 5.17. The van der Waals surface area contributed by atoms with Crippen molar-refractivity contribution in [1.82, 2.24) is 5.32 Å². The third kappa shape index (κ3) is 2.76. The van der Waals surface area contributed by atoms with Crippen molar-refractivity contribution in [3.63, 3.8) is 0 Å². The number of nitrogens with one attached hydrogen (secondary N) is 2. The SMILES string of the molecule is C[C@H]1C[C@@H]1c1ccc2sc3ccc([C@]4(C)CS(=O)(=O)C(C)(C)C(=N)N4)cc3c2c1. The Kier molecular flexibility index (Phi) is 3.83. The van der Waals surface area contributed by atoms with E-state index in [1.54, 1.807) is 25.2 Å². The normalized spacial score (nSPS) is 30.4. The molecule has 0 spiro atoms. The third-order valence-electron chi connectivity index (χ3n) is 6.93. The number of hydrogen-bond donors (Lipinski definition) is 2. The highest BCUT2D eigenvalue weighted by atomic mass is 32.2. The summed E-state index contributed by atoms with van der Waals surface area (Å²) in [6.45, 7) is 7.40. The van der Waals surface area contributed by atoms with E-state index in [-0.39, 0.29) is 11.6 Å². The first-order valence-corrected chi connectivity index (χ1v) is 12.5. The monoisotopic (exact) mass is 426 g/mol. The van der Waals surface area contributed by atoms with E-state index in [1.165, 1.54) is 32.2 Å². The predicted molar refractivity (Wildman–Crippen MR) is 122 cm³/mol. The molecule has 1 saturated carbocycles. The van der Waals surface area contributed by atoms with E-state index in [4.69, 9.17) is 5.41 Å². The van der Waals surface area contributed by atoms with Crippen LogP contribution in [0.15, 0.2) is 36.4 Å². The van der Waals surface area contributed by atoms with Gasteiger partial charge in [0.25, 0.3) is 0 Å². The molecular weight excluding hydrogens is 400 g/mol. The number of thiophene rings is 1. The Bertz CT molecular complexity index is 1290. The lowest BCUT2D eigenvalue weighted by Crippen LogP contribution is -2.63. The van der Waals surface area contributed by atoms with Gasteiger partial charge in [-0.15, -0.1) is 11.3 Å². The fraction of sp³-hybridized carbons (Fsp3) is 0.435. The zero-order valence-corrected chi connectivity index (χ0v) is 18.8. The van der Waals surface area contributed by atoms with E-state index in [1.807, 2.05) is 13.0 Å². The van der Waals surface area contributed by atoms with Crippen LogP contribution in [-0.4, -0.2) is 24.8 Å². The van der Waals surface area contributed by atoms with Gasteiger partial charge in [-0.2, -0.15) is 0 Å². The van der Waals surface area contributed by atoms with Crippen LogP contribution in [0.3, 0.4) is 0 Å². The Morgan fingerprint density at radius 1 is 1.07 bits per heavy atom. The van der Waals surface area contributed by atoms with Crippen LogP contribution in [-0.2, 0) is 15.4 Å². The summed E-state index contributed by atoms with van der Waals surface area (Å²) in [7, 11) is -3.45. The van der Waals surface area contributed by atoms with Crippen molar-refractivity contribution in [2.75, 3.05) is 5.75 Å². The van der Waals surface area contributed by atoms with Gasteiger partial charge in [0.2, 0.25) is 0 Å². The van der Waals surface area contributed by atoms with Gasteiger partial charge in [0.15, 0.2) is 9.84 Å². The molecule has 1 aliphatic carbocycles. The van der Waals surface area contributed by atoms with Crippen molar-refractivity contribution in [3.8, 4) is 0 Å². The number of rotatable bonds is 2. The minimum absolute atomic E-state index is 0.0200. The van der Waals surface area contributed by atoms with Crippen molar-refractivity contribution in [2.24, 2.45) is 5.92 Å². The maximum Gasteiger partial charge on any atom is 0.165 e. The molecule has 0 bridgehead atoms. The minimum Gasteiger partial charge on any atom is -0.362 e. The summed E-state index contributed by atoms with van der Waals surface area (Å²) in [5.74, 6) is 1.47. The van der Waals surface area contributed by atoms with E-state index < -0.39 is 20.1 Å². The molecule has 2 heterocycles. The van der Waals surface area contributed by atoms with Gasteiger partial charge in [-0.3, -0.25) is 5.41 Å². The van der Waals surface area contributed by atoms with Gasteiger partial charge in [0.05, 0.1) is 11.3 Å². The van der Waals surface area contributed by atoms with Crippen molar-refractivity contribution >= 4 is 47.2 Å². The van der Waals surface area contributed by atoms with E-state index >= 15 is 0 Å². The van der Waals surface area contributed by atoms with Crippen LogP contribution in [0.2, 0.25) is 0 Å². The van der Waals surface area contributed by atoms with Crippen LogP contribution >= 0.6 is 11.3 Å². The second-order valence-corrected chi connectivity index (χ2v) is 13.1. The fourth-order valence-electron chi connectivity index (χ4n) is 4.49. The first-order chi connectivity index (χ1) is 13.5. The van der Waals surface area contributed by atoms with Crippen molar-refractivity contribution < 1.29 is 8.42 Å². The average molecular weight is 427 g/mol. The summed E-state index contributed by atoms with van der Waals surface area (Å²) >= 11 is 1.78. The number of amidine groups is 1. The molecule has 1 aliphatic heterocycles. The molecule has 2 fully saturated rings. The maximum absolute atomic E-state index is 12.9. The quantitative estimate of drug-likeness (QED) is 0.594. The number of fused-ring (bicyclic) bond motifs is 3. The van der Waals surface area contributed by atoms with E-state index in [9.17, 15) is 8.42 Å². The van der Waals surface area contributed by atoms with Crippen LogP contribution in [0, 0.1) is 11.3 Å². The lowest BCUT2D eigenvalue weighted by Gasteiger charge is -2.43. The number of sulfone groups is 1. The third-order valence-corrected chi connectivity index (χ3v) is 10.8. The van der Waals surface area contributed by atoms with Crippen molar-refractivity contribution in [1.29, 1.82) is 5.41 Å². The summed E-state index contributed by atoms with van der Waals surface area (Å²) in [5.41, 5.74) is 1.51. The second kappa shape index (κ2) is 5.82. The van der Waals surface area contributed by atoms with Gasteiger partial charge >= 0.3 is 0 Å². The molecule has 2 aliphatic rings. The Labute approximate surface area is 175 Å². The topological polar surface area (TPSA) is 70.0 Å². The molecule has 29 heavy (non-hydrogen) atoms. The zero-order chi connectivity index (χ0) is 20.8. The van der Waals surface area contributed by atoms with Crippen molar-refractivity contribution in [2.45, 2.75) is 50.3 Å². The molecule has 1 saturated heterocycles. The van der Waals surface area contributed by atoms with Gasteiger partial charge in [-0.25, -0.2) is 8.42 Å². The molecule has 4 nitrogen and oxygen atoms in total.